The molecule has 24 heavy (non-hydrogen) atoms. The van der Waals surface area contributed by atoms with Crippen LogP contribution >= 0.6 is 11.6 Å². The molecule has 0 saturated carbocycles. The van der Waals surface area contributed by atoms with Gasteiger partial charge in [0, 0.05) is 10.7 Å². The average molecular weight is 348 g/mol. The van der Waals surface area contributed by atoms with Crippen molar-refractivity contribution in [3.8, 4) is 11.5 Å². The molecule has 0 heterocycles. The number of carbonyl (C=O) groups is 1. The average Bonchev–Trinajstić information content (AvgIpc) is 2.60. The predicted molar refractivity (Wildman–Crippen MR) is 95.2 cm³/mol. The van der Waals surface area contributed by atoms with Gasteiger partial charge in [-0.2, -0.15) is 5.10 Å². The lowest BCUT2D eigenvalue weighted by Crippen LogP contribution is -2.25. The molecule has 0 fully saturated rings. The summed E-state index contributed by atoms with van der Waals surface area (Å²) in [6.07, 6.45) is 1.53. The Morgan fingerprint density at radius 1 is 1.17 bits per heavy atom. The number of ether oxygens (including phenoxy) is 2. The van der Waals surface area contributed by atoms with E-state index in [9.17, 15) is 4.79 Å². The van der Waals surface area contributed by atoms with E-state index in [2.05, 4.69) is 15.8 Å². The van der Waals surface area contributed by atoms with Crippen LogP contribution < -0.4 is 20.2 Å². The first kappa shape index (κ1) is 17.6. The van der Waals surface area contributed by atoms with Crippen LogP contribution in [0.25, 0.3) is 0 Å². The van der Waals surface area contributed by atoms with Gasteiger partial charge in [-0.05, 0) is 42.0 Å². The van der Waals surface area contributed by atoms with Crippen molar-refractivity contribution in [2.45, 2.75) is 0 Å². The fourth-order valence-corrected chi connectivity index (χ4v) is 2.12. The first-order valence-electron chi connectivity index (χ1n) is 7.15. The Balaban J connectivity index is 1.86. The van der Waals surface area contributed by atoms with Gasteiger partial charge in [0.2, 0.25) is 0 Å². The molecule has 0 unspecified atom stereocenters. The van der Waals surface area contributed by atoms with Crippen LogP contribution in [0, 0.1) is 0 Å². The zero-order chi connectivity index (χ0) is 17.4. The van der Waals surface area contributed by atoms with Gasteiger partial charge in [0.25, 0.3) is 5.91 Å². The van der Waals surface area contributed by atoms with Gasteiger partial charge in [-0.15, -0.1) is 0 Å². The number of hydrogen-bond donors (Lipinski definition) is 2. The van der Waals surface area contributed by atoms with E-state index in [1.54, 1.807) is 50.6 Å². The number of carbonyl (C=O) groups excluding carboxylic acids is 1. The first-order valence-corrected chi connectivity index (χ1v) is 7.53. The van der Waals surface area contributed by atoms with Crippen LogP contribution in [0.5, 0.6) is 11.5 Å². The Hall–Kier alpha value is -2.73. The summed E-state index contributed by atoms with van der Waals surface area (Å²) in [4.78, 5) is 11.8. The summed E-state index contributed by atoms with van der Waals surface area (Å²) in [6, 6.07) is 12.5. The van der Waals surface area contributed by atoms with Crippen molar-refractivity contribution < 1.29 is 14.3 Å². The van der Waals surface area contributed by atoms with E-state index in [1.807, 2.05) is 6.07 Å². The molecule has 126 valence electrons. The molecule has 0 aliphatic rings. The normalized spacial score (nSPS) is 10.5. The Kier molecular flexibility index (Phi) is 6.45. The minimum Gasteiger partial charge on any atom is -0.493 e. The number of benzene rings is 2. The zero-order valence-corrected chi connectivity index (χ0v) is 14.1. The molecule has 0 spiro atoms. The maximum absolute atomic E-state index is 11.8. The summed E-state index contributed by atoms with van der Waals surface area (Å²) in [5, 5.41) is 7.48. The molecule has 2 aromatic rings. The number of anilines is 1. The molecule has 7 heteroatoms. The van der Waals surface area contributed by atoms with Gasteiger partial charge in [-0.3, -0.25) is 4.79 Å². The van der Waals surface area contributed by atoms with Crippen molar-refractivity contribution in [1.82, 2.24) is 5.43 Å². The number of nitrogens with zero attached hydrogens (tertiary/aromatic N) is 1. The van der Waals surface area contributed by atoms with Crippen LogP contribution in [0.1, 0.15) is 5.56 Å². The van der Waals surface area contributed by atoms with Crippen LogP contribution in [0.3, 0.4) is 0 Å². The Labute approximate surface area is 145 Å². The Morgan fingerprint density at radius 3 is 2.67 bits per heavy atom. The highest BCUT2D eigenvalue weighted by molar-refractivity contribution is 6.30. The van der Waals surface area contributed by atoms with Gasteiger partial charge in [-0.1, -0.05) is 17.7 Å². The summed E-state index contributed by atoms with van der Waals surface area (Å²) in [5.74, 6) is 0.950. The van der Waals surface area contributed by atoms with Crippen LogP contribution in [0.4, 0.5) is 5.69 Å². The van der Waals surface area contributed by atoms with Gasteiger partial charge in [0.1, 0.15) is 0 Å². The summed E-state index contributed by atoms with van der Waals surface area (Å²) in [6.45, 7) is 0.0869. The quantitative estimate of drug-likeness (QED) is 0.596. The van der Waals surface area contributed by atoms with Crippen molar-refractivity contribution in [3.05, 3.63) is 53.1 Å². The highest BCUT2D eigenvalue weighted by atomic mass is 35.5. The SMILES string of the molecule is COc1ccc(/C=N/NC(=O)CNc2cccc(Cl)c2)cc1OC. The standard InChI is InChI=1S/C17H18ClN3O3/c1-23-15-7-6-12(8-16(15)24-2)10-20-21-17(22)11-19-14-5-3-4-13(18)9-14/h3-10,19H,11H2,1-2H3,(H,21,22)/b20-10+. The van der Waals surface area contributed by atoms with E-state index >= 15 is 0 Å². The lowest BCUT2D eigenvalue weighted by molar-refractivity contribution is -0.119. The smallest absolute Gasteiger partial charge is 0.259 e. The lowest BCUT2D eigenvalue weighted by Gasteiger charge is -2.07. The maximum Gasteiger partial charge on any atom is 0.259 e. The minimum atomic E-state index is -0.272. The number of nitrogens with one attached hydrogen (secondary N) is 2. The zero-order valence-electron chi connectivity index (χ0n) is 13.4. The molecule has 0 atom stereocenters. The second-order valence-corrected chi connectivity index (χ2v) is 5.21. The summed E-state index contributed by atoms with van der Waals surface area (Å²) >= 11 is 5.87. The molecule has 0 aliphatic carbocycles. The van der Waals surface area contributed by atoms with Gasteiger partial charge in [-0.25, -0.2) is 5.43 Å². The molecule has 0 radical (unpaired) electrons. The fraction of sp³-hybridized carbons (Fsp3) is 0.176. The summed E-state index contributed by atoms with van der Waals surface area (Å²) in [7, 11) is 3.13. The van der Waals surface area contributed by atoms with Crippen LogP contribution in [0.15, 0.2) is 47.6 Å². The predicted octanol–water partition coefficient (Wildman–Crippen LogP) is 2.92. The third-order valence-electron chi connectivity index (χ3n) is 3.09. The minimum absolute atomic E-state index is 0.0869. The molecule has 2 rings (SSSR count). The van der Waals surface area contributed by atoms with Gasteiger partial charge >= 0.3 is 0 Å². The monoisotopic (exact) mass is 347 g/mol. The molecule has 0 aromatic heterocycles. The largest absolute Gasteiger partial charge is 0.493 e. The van der Waals surface area contributed by atoms with E-state index in [0.717, 1.165) is 11.3 Å². The van der Waals surface area contributed by atoms with Crippen LogP contribution in [-0.4, -0.2) is 32.9 Å². The molecular weight excluding hydrogens is 330 g/mol. The second-order valence-electron chi connectivity index (χ2n) is 4.77. The molecular formula is C17H18ClN3O3. The number of amides is 1. The Morgan fingerprint density at radius 2 is 1.96 bits per heavy atom. The Bertz CT molecular complexity index is 735. The van der Waals surface area contributed by atoms with Crippen LogP contribution in [0.2, 0.25) is 5.02 Å². The summed E-state index contributed by atoms with van der Waals surface area (Å²) in [5.41, 5.74) is 3.98. The second kappa shape index (κ2) is 8.79. The van der Waals surface area contributed by atoms with Gasteiger partial charge in [0.05, 0.1) is 27.0 Å². The highest BCUT2D eigenvalue weighted by Gasteiger charge is 2.03. The summed E-state index contributed by atoms with van der Waals surface area (Å²) < 4.78 is 10.4. The van der Waals surface area contributed by atoms with Crippen molar-refractivity contribution in [2.75, 3.05) is 26.1 Å². The number of halogens is 1. The van der Waals surface area contributed by atoms with Crippen LogP contribution in [-0.2, 0) is 4.79 Å². The third-order valence-corrected chi connectivity index (χ3v) is 3.32. The molecule has 0 saturated heterocycles. The molecule has 2 N–H and O–H groups in total. The van der Waals surface area contributed by atoms with E-state index in [-0.39, 0.29) is 12.5 Å². The highest BCUT2D eigenvalue weighted by Crippen LogP contribution is 2.26. The topological polar surface area (TPSA) is 72.0 Å². The molecule has 1 amide bonds. The lowest BCUT2D eigenvalue weighted by atomic mass is 10.2. The first-order chi connectivity index (χ1) is 11.6. The van der Waals surface area contributed by atoms with E-state index in [4.69, 9.17) is 21.1 Å². The fourth-order valence-electron chi connectivity index (χ4n) is 1.93. The molecule has 6 nitrogen and oxygen atoms in total. The third kappa shape index (κ3) is 5.17. The van der Waals surface area contributed by atoms with Gasteiger partial charge < -0.3 is 14.8 Å². The number of hydrogen-bond acceptors (Lipinski definition) is 5. The van der Waals surface area contributed by atoms with Crippen molar-refractivity contribution in [1.29, 1.82) is 0 Å². The number of methoxy groups -OCH3 is 2. The van der Waals surface area contributed by atoms with E-state index in [0.29, 0.717) is 16.5 Å². The van der Waals surface area contributed by atoms with Crippen molar-refractivity contribution >= 4 is 29.4 Å². The van der Waals surface area contributed by atoms with Gasteiger partial charge in [0.15, 0.2) is 11.5 Å². The number of rotatable bonds is 7. The maximum atomic E-state index is 11.8. The number of hydrazone groups is 1. The van der Waals surface area contributed by atoms with E-state index < -0.39 is 0 Å². The van der Waals surface area contributed by atoms with Crippen molar-refractivity contribution in [3.63, 3.8) is 0 Å². The van der Waals surface area contributed by atoms with E-state index in [1.165, 1.54) is 6.21 Å². The molecule has 0 bridgehead atoms. The molecule has 0 aliphatic heterocycles. The molecule has 2 aromatic carbocycles. The van der Waals surface area contributed by atoms with Crippen molar-refractivity contribution in [2.24, 2.45) is 5.10 Å².